The number of benzene rings is 4. The van der Waals surface area contributed by atoms with Gasteiger partial charge >= 0.3 is 0 Å². The Bertz CT molecular complexity index is 1950. The molecule has 4 amide bonds. The standard InChI is InChI=1S/C28H18N2O10S2/c1-13-3-5-15(21(11-13)41-40-39-35)16-6-4-14(12-22(16)42(36,37)38)30-27(33)19-9-7-17-23-18(26(32)29(2)25(17)31)8-10-20(24(19)23)28(30)34/h3-12,35H,1-2H3,(H,36,37,38). The molecule has 0 saturated carbocycles. The Kier molecular flexibility index (Phi) is 6.49. The largest absolute Gasteiger partial charge is 0.295 e. The molecule has 42 heavy (non-hydrogen) atoms. The van der Waals surface area contributed by atoms with Crippen molar-refractivity contribution in [2.45, 2.75) is 16.7 Å². The van der Waals surface area contributed by atoms with Crippen LogP contribution in [0.2, 0.25) is 0 Å². The molecule has 2 aliphatic rings. The van der Waals surface area contributed by atoms with Crippen LogP contribution in [0.3, 0.4) is 0 Å². The maximum absolute atomic E-state index is 13.8. The number of carbonyl (C=O) groups is 4. The molecule has 0 aromatic heterocycles. The van der Waals surface area contributed by atoms with Gasteiger partial charge in [0.15, 0.2) is 0 Å². The number of anilines is 1. The van der Waals surface area contributed by atoms with Crippen LogP contribution in [-0.2, 0) is 19.5 Å². The van der Waals surface area contributed by atoms with E-state index in [0.717, 1.165) is 21.4 Å². The third-order valence-corrected chi connectivity index (χ3v) is 8.72. The van der Waals surface area contributed by atoms with Crippen molar-refractivity contribution in [2.75, 3.05) is 11.9 Å². The monoisotopic (exact) mass is 606 g/mol. The van der Waals surface area contributed by atoms with Gasteiger partial charge in [0, 0.05) is 50.5 Å². The summed E-state index contributed by atoms with van der Waals surface area (Å²) in [5, 5.41) is 12.6. The predicted octanol–water partition coefficient (Wildman–Crippen LogP) is 4.52. The van der Waals surface area contributed by atoms with E-state index in [1.54, 1.807) is 25.1 Å². The van der Waals surface area contributed by atoms with Crippen molar-refractivity contribution in [2.24, 2.45) is 0 Å². The maximum Gasteiger partial charge on any atom is 0.295 e. The van der Waals surface area contributed by atoms with Crippen LogP contribution in [0, 0.1) is 6.92 Å². The Morgan fingerprint density at radius 1 is 0.714 bits per heavy atom. The molecule has 14 heteroatoms. The lowest BCUT2D eigenvalue weighted by atomic mass is 9.86. The molecule has 0 spiro atoms. The molecule has 0 unspecified atom stereocenters. The SMILES string of the molecule is Cc1ccc(-c2ccc(N3C(=O)c4ccc5c6c(ccc(c46)C3=O)C(=O)N(C)C5=O)cc2S(=O)(=O)O)c(SOOO)c1. The van der Waals surface area contributed by atoms with Gasteiger partial charge in [-0.25, -0.2) is 10.2 Å². The number of aryl methyl sites for hydroxylation is 1. The van der Waals surface area contributed by atoms with Crippen LogP contribution in [0.5, 0.6) is 0 Å². The molecular formula is C28H18N2O10S2. The summed E-state index contributed by atoms with van der Waals surface area (Å²) in [5.41, 5.74) is 1.32. The van der Waals surface area contributed by atoms with E-state index in [0.29, 0.717) is 16.9 Å². The summed E-state index contributed by atoms with van der Waals surface area (Å²) in [7, 11) is -3.57. The molecule has 4 aromatic rings. The molecule has 2 N–H and O–H groups in total. The molecule has 2 aliphatic heterocycles. The molecule has 0 atom stereocenters. The first-order valence-corrected chi connectivity index (χ1v) is 14.3. The van der Waals surface area contributed by atoms with E-state index >= 15 is 0 Å². The summed E-state index contributed by atoms with van der Waals surface area (Å²) in [6, 6.07) is 14.1. The Hall–Kier alpha value is -4.44. The summed E-state index contributed by atoms with van der Waals surface area (Å²) in [6.07, 6.45) is 0. The lowest BCUT2D eigenvalue weighted by Crippen LogP contribution is -2.42. The average molecular weight is 607 g/mol. The topological polar surface area (TPSA) is 168 Å². The highest BCUT2D eigenvalue weighted by Gasteiger charge is 2.39. The molecule has 4 aromatic carbocycles. The number of amides is 4. The van der Waals surface area contributed by atoms with Crippen molar-refractivity contribution in [1.82, 2.24) is 4.90 Å². The molecule has 0 bridgehead atoms. The lowest BCUT2D eigenvalue weighted by Gasteiger charge is -2.31. The summed E-state index contributed by atoms with van der Waals surface area (Å²) in [5.74, 6) is -2.78. The van der Waals surface area contributed by atoms with Crippen LogP contribution in [0.1, 0.15) is 47.0 Å². The zero-order valence-electron chi connectivity index (χ0n) is 21.6. The first-order valence-electron chi connectivity index (χ1n) is 12.1. The van der Waals surface area contributed by atoms with Crippen molar-refractivity contribution in [1.29, 1.82) is 0 Å². The van der Waals surface area contributed by atoms with E-state index < -0.39 is 38.6 Å². The molecule has 0 fully saturated rings. The normalized spacial score (nSPS) is 14.8. The van der Waals surface area contributed by atoms with Crippen molar-refractivity contribution in [3.63, 3.8) is 0 Å². The van der Waals surface area contributed by atoms with Crippen LogP contribution in [0.25, 0.3) is 21.9 Å². The summed E-state index contributed by atoms with van der Waals surface area (Å²) in [6.45, 7) is 1.77. The molecule has 0 aliphatic carbocycles. The number of carbonyl (C=O) groups excluding carboxylic acids is 4. The third-order valence-electron chi connectivity index (χ3n) is 7.18. The fraction of sp³-hybridized carbons (Fsp3) is 0.0714. The maximum atomic E-state index is 13.8. The Morgan fingerprint density at radius 3 is 1.74 bits per heavy atom. The van der Waals surface area contributed by atoms with Crippen molar-refractivity contribution < 1.29 is 46.8 Å². The van der Waals surface area contributed by atoms with E-state index in [1.807, 2.05) is 0 Å². The van der Waals surface area contributed by atoms with Crippen molar-refractivity contribution >= 4 is 62.2 Å². The van der Waals surface area contributed by atoms with E-state index in [9.17, 15) is 32.1 Å². The van der Waals surface area contributed by atoms with Gasteiger partial charge in [0.25, 0.3) is 33.7 Å². The second-order valence-corrected chi connectivity index (χ2v) is 11.7. The zero-order valence-corrected chi connectivity index (χ0v) is 23.3. The quantitative estimate of drug-likeness (QED) is 0.104. The highest BCUT2D eigenvalue weighted by molar-refractivity contribution is 7.94. The van der Waals surface area contributed by atoms with Gasteiger partial charge in [-0.1, -0.05) is 23.2 Å². The number of hydrogen-bond acceptors (Lipinski definition) is 10. The van der Waals surface area contributed by atoms with Crippen LogP contribution < -0.4 is 4.90 Å². The summed E-state index contributed by atoms with van der Waals surface area (Å²) < 4.78 is 39.8. The molecule has 2 heterocycles. The van der Waals surface area contributed by atoms with E-state index in [4.69, 9.17) is 5.26 Å². The van der Waals surface area contributed by atoms with Gasteiger partial charge in [-0.05, 0) is 60.5 Å². The highest BCUT2D eigenvalue weighted by atomic mass is 32.2. The number of hydrogen-bond donors (Lipinski definition) is 2. The van der Waals surface area contributed by atoms with Crippen molar-refractivity contribution in [3.05, 3.63) is 88.5 Å². The molecule has 6 rings (SSSR count). The molecule has 0 saturated heterocycles. The first kappa shape index (κ1) is 27.7. The zero-order chi connectivity index (χ0) is 30.1. The highest BCUT2D eigenvalue weighted by Crippen LogP contribution is 2.41. The van der Waals surface area contributed by atoms with Gasteiger partial charge in [-0.15, -0.1) is 4.33 Å². The Morgan fingerprint density at radius 2 is 1.21 bits per heavy atom. The molecule has 0 radical (unpaired) electrons. The minimum Gasteiger partial charge on any atom is -0.282 e. The van der Waals surface area contributed by atoms with Gasteiger partial charge in [0.05, 0.1) is 17.7 Å². The molecule has 212 valence electrons. The second-order valence-electron chi connectivity index (χ2n) is 9.57. The smallest absolute Gasteiger partial charge is 0.282 e. The summed E-state index contributed by atoms with van der Waals surface area (Å²) >= 11 is 0.589. The minimum atomic E-state index is -4.91. The summed E-state index contributed by atoms with van der Waals surface area (Å²) in [4.78, 5) is 54.5. The average Bonchev–Trinajstić information content (AvgIpc) is 2.96. The first-order chi connectivity index (χ1) is 19.9. The second kappa shape index (κ2) is 9.84. The number of rotatable bonds is 6. The van der Waals surface area contributed by atoms with Crippen LogP contribution >= 0.6 is 12.0 Å². The fourth-order valence-corrected chi connectivity index (χ4v) is 6.62. The van der Waals surface area contributed by atoms with E-state index in [2.05, 4.69) is 9.37 Å². The van der Waals surface area contributed by atoms with Crippen LogP contribution in [0.15, 0.2) is 70.5 Å². The van der Waals surface area contributed by atoms with Crippen LogP contribution in [-0.4, -0.2) is 53.8 Å². The van der Waals surface area contributed by atoms with Crippen LogP contribution in [0.4, 0.5) is 5.69 Å². The minimum absolute atomic E-state index is 0.0160. The third kappa shape index (κ3) is 4.12. The number of imide groups is 2. The number of nitrogens with zero attached hydrogens (tertiary/aromatic N) is 2. The Labute approximate surface area is 241 Å². The van der Waals surface area contributed by atoms with Gasteiger partial charge < -0.3 is 0 Å². The molecule has 12 nitrogen and oxygen atoms in total. The van der Waals surface area contributed by atoms with Crippen molar-refractivity contribution in [3.8, 4) is 11.1 Å². The van der Waals surface area contributed by atoms with E-state index in [1.165, 1.54) is 43.4 Å². The lowest BCUT2D eigenvalue weighted by molar-refractivity contribution is -0.432. The van der Waals surface area contributed by atoms with Gasteiger partial charge in [0.2, 0.25) is 0 Å². The van der Waals surface area contributed by atoms with Gasteiger partial charge in [0.1, 0.15) is 4.90 Å². The Balaban J connectivity index is 1.52. The van der Waals surface area contributed by atoms with Gasteiger partial charge in [-0.2, -0.15) is 8.42 Å². The molecular weight excluding hydrogens is 588 g/mol. The predicted molar refractivity (Wildman–Crippen MR) is 149 cm³/mol. The van der Waals surface area contributed by atoms with Gasteiger partial charge in [-0.3, -0.25) is 28.6 Å². The van der Waals surface area contributed by atoms with E-state index in [-0.39, 0.29) is 49.8 Å². The fourth-order valence-electron chi connectivity index (χ4n) is 5.29.